The van der Waals surface area contributed by atoms with Gasteiger partial charge >= 0.3 is 0 Å². The highest BCUT2D eigenvalue weighted by Gasteiger charge is 2.11. The van der Waals surface area contributed by atoms with Gasteiger partial charge in [0.05, 0.1) is 0 Å². The number of nitrogens with zero attached hydrogens (tertiary/aromatic N) is 2. The zero-order chi connectivity index (χ0) is 18.5. The van der Waals surface area contributed by atoms with Crippen LogP contribution in [-0.2, 0) is 6.54 Å². The van der Waals surface area contributed by atoms with E-state index in [0.29, 0.717) is 5.56 Å². The summed E-state index contributed by atoms with van der Waals surface area (Å²) in [4.78, 5) is 20.2. The van der Waals surface area contributed by atoms with Gasteiger partial charge < -0.3 is 10.6 Å². The second kappa shape index (κ2) is 7.64. The molecule has 3 rings (SSSR count). The minimum absolute atomic E-state index is 0.0146. The van der Waals surface area contributed by atoms with Crippen molar-refractivity contribution in [1.29, 1.82) is 0 Å². The first-order chi connectivity index (χ1) is 12.5. The molecule has 0 unspecified atom stereocenters. The second-order valence-electron chi connectivity index (χ2n) is 5.29. The number of amides is 1. The number of benzene rings is 2. The Kier molecular flexibility index (Phi) is 5.12. The van der Waals surface area contributed by atoms with E-state index in [1.165, 1.54) is 24.4 Å². The second-order valence-corrected chi connectivity index (χ2v) is 5.29. The fourth-order valence-electron chi connectivity index (χ4n) is 2.16. The Morgan fingerprint density at radius 2 is 1.77 bits per heavy atom. The van der Waals surface area contributed by atoms with Gasteiger partial charge in [0.2, 0.25) is 5.95 Å². The molecular weight excluding hydrogens is 345 g/mol. The van der Waals surface area contributed by atoms with Crippen molar-refractivity contribution in [2.75, 3.05) is 10.6 Å². The first-order valence-corrected chi connectivity index (χ1v) is 7.59. The van der Waals surface area contributed by atoms with Gasteiger partial charge in [0.1, 0.15) is 11.5 Å². The summed E-state index contributed by atoms with van der Waals surface area (Å²) in [5, 5.41) is 5.24. The summed E-state index contributed by atoms with van der Waals surface area (Å²) in [6.45, 7) is 0.140. The molecule has 0 aliphatic carbocycles. The number of halogens is 3. The largest absolute Gasteiger partial charge is 0.350 e. The maximum Gasteiger partial charge on any atom is 0.274 e. The van der Waals surface area contributed by atoms with Crippen molar-refractivity contribution < 1.29 is 18.0 Å². The average molecular weight is 358 g/mol. The highest BCUT2D eigenvalue weighted by Crippen LogP contribution is 2.14. The molecule has 132 valence electrons. The van der Waals surface area contributed by atoms with E-state index >= 15 is 0 Å². The van der Waals surface area contributed by atoms with Crippen LogP contribution in [0, 0.1) is 17.5 Å². The van der Waals surface area contributed by atoms with Crippen LogP contribution < -0.4 is 10.6 Å². The van der Waals surface area contributed by atoms with Crippen LogP contribution in [0.1, 0.15) is 16.1 Å². The smallest absolute Gasteiger partial charge is 0.274 e. The Morgan fingerprint density at radius 3 is 2.54 bits per heavy atom. The number of carbonyl (C=O) groups is 1. The zero-order valence-corrected chi connectivity index (χ0v) is 13.3. The Morgan fingerprint density at radius 1 is 0.962 bits per heavy atom. The van der Waals surface area contributed by atoms with Gasteiger partial charge in [-0.05, 0) is 24.3 Å². The third kappa shape index (κ3) is 4.15. The predicted molar refractivity (Wildman–Crippen MR) is 90.1 cm³/mol. The summed E-state index contributed by atoms with van der Waals surface area (Å²) < 4.78 is 39.7. The first-order valence-electron chi connectivity index (χ1n) is 7.59. The van der Waals surface area contributed by atoms with E-state index in [-0.39, 0.29) is 29.7 Å². The Balaban J connectivity index is 1.69. The van der Waals surface area contributed by atoms with Crippen LogP contribution in [-0.4, -0.2) is 15.9 Å². The van der Waals surface area contributed by atoms with Crippen LogP contribution >= 0.6 is 0 Å². The van der Waals surface area contributed by atoms with Gasteiger partial charge in [-0.3, -0.25) is 4.79 Å². The van der Waals surface area contributed by atoms with Gasteiger partial charge in [-0.15, -0.1) is 0 Å². The lowest BCUT2D eigenvalue weighted by atomic mass is 10.2. The number of rotatable bonds is 5. The highest BCUT2D eigenvalue weighted by atomic mass is 19.2. The molecule has 0 radical (unpaired) electrons. The topological polar surface area (TPSA) is 66.9 Å². The van der Waals surface area contributed by atoms with E-state index in [0.717, 1.165) is 12.1 Å². The summed E-state index contributed by atoms with van der Waals surface area (Å²) in [5.41, 5.74) is 0.530. The summed E-state index contributed by atoms with van der Waals surface area (Å²) in [6.07, 6.45) is 1.36. The average Bonchev–Trinajstić information content (AvgIpc) is 2.64. The lowest BCUT2D eigenvalue weighted by Gasteiger charge is -2.08. The number of nitrogens with one attached hydrogen (secondary N) is 2. The standard InChI is InChI=1S/C18H13F3N4O/c19-13-4-2-1-3-11(13)10-23-18-22-8-7-16(25-18)17(26)24-12-5-6-14(20)15(21)9-12/h1-9H,10H2,(H,24,26)(H,22,23,25). The van der Waals surface area contributed by atoms with Crippen molar-refractivity contribution in [2.45, 2.75) is 6.54 Å². The van der Waals surface area contributed by atoms with Gasteiger partial charge in [0, 0.05) is 30.1 Å². The lowest BCUT2D eigenvalue weighted by Crippen LogP contribution is -2.15. The van der Waals surface area contributed by atoms with E-state index < -0.39 is 17.5 Å². The third-order valence-electron chi connectivity index (χ3n) is 3.46. The van der Waals surface area contributed by atoms with E-state index in [1.54, 1.807) is 18.2 Å². The monoisotopic (exact) mass is 358 g/mol. The van der Waals surface area contributed by atoms with Crippen molar-refractivity contribution in [1.82, 2.24) is 9.97 Å². The normalized spacial score (nSPS) is 10.4. The number of hydrogen-bond donors (Lipinski definition) is 2. The Bertz CT molecular complexity index is 949. The number of anilines is 2. The maximum atomic E-state index is 13.6. The maximum absolute atomic E-state index is 13.6. The molecule has 3 aromatic rings. The Labute approximate surface area is 146 Å². The molecule has 5 nitrogen and oxygen atoms in total. The van der Waals surface area contributed by atoms with E-state index in [4.69, 9.17) is 0 Å². The van der Waals surface area contributed by atoms with Crippen molar-refractivity contribution >= 4 is 17.5 Å². The van der Waals surface area contributed by atoms with Gasteiger partial charge in [-0.1, -0.05) is 18.2 Å². The number of hydrogen-bond acceptors (Lipinski definition) is 4. The summed E-state index contributed by atoms with van der Waals surface area (Å²) in [6, 6.07) is 10.6. The first kappa shape index (κ1) is 17.4. The van der Waals surface area contributed by atoms with Gasteiger partial charge in [-0.25, -0.2) is 23.1 Å². The quantitative estimate of drug-likeness (QED) is 0.729. The molecule has 0 bridgehead atoms. The number of aromatic nitrogens is 2. The van der Waals surface area contributed by atoms with E-state index in [9.17, 15) is 18.0 Å². The summed E-state index contributed by atoms with van der Waals surface area (Å²) in [7, 11) is 0. The van der Waals surface area contributed by atoms with Crippen molar-refractivity contribution in [3.63, 3.8) is 0 Å². The third-order valence-corrected chi connectivity index (χ3v) is 3.46. The molecule has 0 spiro atoms. The molecule has 2 aromatic carbocycles. The van der Waals surface area contributed by atoms with E-state index in [2.05, 4.69) is 20.6 Å². The van der Waals surface area contributed by atoms with Crippen molar-refractivity contribution in [2.24, 2.45) is 0 Å². The van der Waals surface area contributed by atoms with Crippen LogP contribution in [0.3, 0.4) is 0 Å². The molecule has 0 fully saturated rings. The van der Waals surface area contributed by atoms with Crippen LogP contribution in [0.4, 0.5) is 24.8 Å². The van der Waals surface area contributed by atoms with Crippen LogP contribution in [0.2, 0.25) is 0 Å². The zero-order valence-electron chi connectivity index (χ0n) is 13.3. The molecule has 0 saturated carbocycles. The molecular formula is C18H13F3N4O. The summed E-state index contributed by atoms with van der Waals surface area (Å²) in [5.74, 6) is -2.94. The molecule has 8 heteroatoms. The minimum atomic E-state index is -1.07. The molecule has 0 aliphatic heterocycles. The van der Waals surface area contributed by atoms with Gasteiger partial charge in [0.25, 0.3) is 5.91 Å². The van der Waals surface area contributed by atoms with Gasteiger partial charge in [-0.2, -0.15) is 0 Å². The fraction of sp³-hybridized carbons (Fsp3) is 0.0556. The minimum Gasteiger partial charge on any atom is -0.350 e. The molecule has 1 heterocycles. The molecule has 0 aliphatic rings. The molecule has 0 saturated heterocycles. The van der Waals surface area contributed by atoms with Crippen molar-refractivity contribution in [3.05, 3.63) is 83.4 Å². The number of carbonyl (C=O) groups excluding carboxylic acids is 1. The lowest BCUT2D eigenvalue weighted by molar-refractivity contribution is 0.102. The Hall–Kier alpha value is -3.42. The predicted octanol–water partition coefficient (Wildman–Crippen LogP) is 3.76. The fourth-order valence-corrected chi connectivity index (χ4v) is 2.16. The molecule has 1 aromatic heterocycles. The molecule has 26 heavy (non-hydrogen) atoms. The van der Waals surface area contributed by atoms with Crippen LogP contribution in [0.15, 0.2) is 54.7 Å². The molecule has 2 N–H and O–H groups in total. The van der Waals surface area contributed by atoms with Crippen LogP contribution in [0.5, 0.6) is 0 Å². The van der Waals surface area contributed by atoms with Gasteiger partial charge in [0.15, 0.2) is 11.6 Å². The summed E-state index contributed by atoms with van der Waals surface area (Å²) >= 11 is 0. The van der Waals surface area contributed by atoms with E-state index in [1.807, 2.05) is 0 Å². The van der Waals surface area contributed by atoms with Crippen molar-refractivity contribution in [3.8, 4) is 0 Å². The van der Waals surface area contributed by atoms with Crippen LogP contribution in [0.25, 0.3) is 0 Å². The highest BCUT2D eigenvalue weighted by molar-refractivity contribution is 6.02. The molecule has 1 amide bonds. The molecule has 0 atom stereocenters. The SMILES string of the molecule is O=C(Nc1ccc(F)c(F)c1)c1ccnc(NCc2ccccc2F)n1.